The van der Waals surface area contributed by atoms with Crippen LogP contribution in [0.5, 0.6) is 5.75 Å². The molecule has 0 saturated heterocycles. The van der Waals surface area contributed by atoms with Crippen molar-refractivity contribution < 1.29 is 33.0 Å². The number of nitrogens with one attached hydrogen (secondary N) is 2. The van der Waals surface area contributed by atoms with Crippen LogP contribution < -0.4 is 14.8 Å². The third-order valence-corrected chi connectivity index (χ3v) is 4.10. The first-order chi connectivity index (χ1) is 11.4. The molecule has 1 aromatic carbocycles. The molecule has 0 aliphatic heterocycles. The molecule has 0 radical (unpaired) electrons. The molecular formula is C15H22N2O7S. The predicted molar refractivity (Wildman–Crippen MR) is 90.9 cm³/mol. The van der Waals surface area contributed by atoms with E-state index >= 15 is 0 Å². The second-order valence-corrected chi connectivity index (χ2v) is 7.63. The number of aliphatic carboxylic acids is 1. The van der Waals surface area contributed by atoms with Gasteiger partial charge in [0.05, 0.1) is 12.6 Å². The quantitative estimate of drug-likeness (QED) is 0.482. The van der Waals surface area contributed by atoms with Gasteiger partial charge in [0.25, 0.3) is 0 Å². The summed E-state index contributed by atoms with van der Waals surface area (Å²) in [5.74, 6) is -2.80. The van der Waals surface area contributed by atoms with Gasteiger partial charge in [-0.05, 0) is 45.0 Å². The molecule has 0 fully saturated rings. The van der Waals surface area contributed by atoms with Crippen LogP contribution in [0.1, 0.15) is 20.8 Å². The highest BCUT2D eigenvalue weighted by molar-refractivity contribution is 7.93. The van der Waals surface area contributed by atoms with Gasteiger partial charge in [-0.2, -0.15) is 0 Å². The highest BCUT2D eigenvalue weighted by atomic mass is 32.2. The lowest BCUT2D eigenvalue weighted by Gasteiger charge is -2.18. The summed E-state index contributed by atoms with van der Waals surface area (Å²) in [5, 5.41) is 20.3. The molecular weight excluding hydrogens is 352 g/mol. The number of carboxylic acids is 1. The summed E-state index contributed by atoms with van der Waals surface area (Å²) in [6, 6.07) is 6.15. The summed E-state index contributed by atoms with van der Waals surface area (Å²) < 4.78 is 31.6. The molecule has 4 N–H and O–H groups in total. The third kappa shape index (κ3) is 7.40. The van der Waals surface area contributed by atoms with Crippen LogP contribution in [0.2, 0.25) is 0 Å². The predicted octanol–water partition coefficient (Wildman–Crippen LogP) is 0.167. The Morgan fingerprint density at radius 1 is 1.24 bits per heavy atom. The number of benzene rings is 1. The van der Waals surface area contributed by atoms with Gasteiger partial charge >= 0.3 is 5.97 Å². The number of amides is 1. The van der Waals surface area contributed by atoms with Gasteiger partial charge in [0.2, 0.25) is 15.9 Å². The van der Waals surface area contributed by atoms with Crippen molar-refractivity contribution in [1.29, 1.82) is 0 Å². The van der Waals surface area contributed by atoms with Crippen molar-refractivity contribution in [2.45, 2.75) is 32.5 Å². The number of carbonyl (C=O) groups excluding carboxylic acids is 1. The number of rotatable bonds is 9. The largest absolute Gasteiger partial charge is 0.491 e. The normalized spacial score (nSPS) is 13.8. The number of hydrogen-bond acceptors (Lipinski definition) is 6. The number of aliphatic hydroxyl groups is 1. The first-order valence-electron chi connectivity index (χ1n) is 7.41. The van der Waals surface area contributed by atoms with E-state index in [-0.39, 0.29) is 11.8 Å². The van der Waals surface area contributed by atoms with Crippen LogP contribution in [0.4, 0.5) is 5.69 Å². The van der Waals surface area contributed by atoms with E-state index in [1.807, 2.05) is 13.8 Å². The number of carbonyl (C=O) groups is 2. The van der Waals surface area contributed by atoms with Crippen LogP contribution in [0.25, 0.3) is 0 Å². The van der Waals surface area contributed by atoms with Gasteiger partial charge in [-0.1, -0.05) is 0 Å². The molecule has 140 valence electrons. The topological polar surface area (TPSA) is 142 Å². The molecule has 0 heterocycles. The van der Waals surface area contributed by atoms with E-state index in [0.29, 0.717) is 5.75 Å². The summed E-state index contributed by atoms with van der Waals surface area (Å²) in [4.78, 5) is 22.4. The maximum absolute atomic E-state index is 11.9. The van der Waals surface area contributed by atoms with Gasteiger partial charge in [0, 0.05) is 5.69 Å². The Kier molecular flexibility index (Phi) is 6.77. The van der Waals surface area contributed by atoms with E-state index in [0.717, 1.165) is 6.92 Å². The van der Waals surface area contributed by atoms with Crippen molar-refractivity contribution in [3.63, 3.8) is 0 Å². The molecule has 0 spiro atoms. The summed E-state index contributed by atoms with van der Waals surface area (Å²) in [5.41, 5.74) is -1.93. The van der Waals surface area contributed by atoms with Crippen molar-refractivity contribution >= 4 is 27.6 Å². The second kappa shape index (κ2) is 8.17. The minimum absolute atomic E-state index is 0.0192. The molecule has 9 nitrogen and oxygen atoms in total. The zero-order chi connectivity index (χ0) is 19.3. The molecule has 25 heavy (non-hydrogen) atoms. The Labute approximate surface area is 146 Å². The van der Waals surface area contributed by atoms with E-state index < -0.39 is 39.8 Å². The fourth-order valence-electron chi connectivity index (χ4n) is 1.66. The minimum atomic E-state index is -3.99. The van der Waals surface area contributed by atoms with E-state index in [1.54, 1.807) is 12.1 Å². The Balaban J connectivity index is 2.60. The average Bonchev–Trinajstić information content (AvgIpc) is 2.46. The number of ether oxygens (including phenoxy) is 1. The number of sulfonamides is 1. The summed E-state index contributed by atoms with van der Waals surface area (Å²) in [6.07, 6.45) is -0.0192. The highest BCUT2D eigenvalue weighted by Gasteiger charge is 2.30. The molecule has 0 bridgehead atoms. The van der Waals surface area contributed by atoms with Crippen molar-refractivity contribution in [3.8, 4) is 5.75 Å². The molecule has 1 amide bonds. The molecule has 0 aromatic heterocycles. The Hall–Kier alpha value is -2.33. The second-order valence-electron chi connectivity index (χ2n) is 5.91. The zero-order valence-electron chi connectivity index (χ0n) is 14.1. The van der Waals surface area contributed by atoms with Gasteiger partial charge in [0.1, 0.15) is 11.5 Å². The zero-order valence-corrected chi connectivity index (χ0v) is 15.0. The summed E-state index contributed by atoms with van der Waals surface area (Å²) in [6.45, 7) is 4.09. The van der Waals surface area contributed by atoms with Crippen molar-refractivity contribution in [2.24, 2.45) is 0 Å². The lowest BCUT2D eigenvalue weighted by atomic mass is 10.1. The molecule has 1 aromatic rings. The van der Waals surface area contributed by atoms with Crippen LogP contribution in [0.3, 0.4) is 0 Å². The van der Waals surface area contributed by atoms with Crippen molar-refractivity contribution in [2.75, 3.05) is 17.0 Å². The lowest BCUT2D eigenvalue weighted by Crippen LogP contribution is -2.47. The number of hydrogen-bond donors (Lipinski definition) is 4. The first-order valence-corrected chi connectivity index (χ1v) is 9.06. The molecule has 0 aliphatic rings. The van der Waals surface area contributed by atoms with Crippen LogP contribution >= 0.6 is 0 Å². The van der Waals surface area contributed by atoms with Gasteiger partial charge < -0.3 is 20.3 Å². The Bertz CT molecular complexity index is 712. The van der Waals surface area contributed by atoms with Gasteiger partial charge in [-0.3, -0.25) is 9.52 Å². The molecule has 0 aliphatic carbocycles. The van der Waals surface area contributed by atoms with Gasteiger partial charge in [0.15, 0.2) is 5.60 Å². The van der Waals surface area contributed by atoms with E-state index in [4.69, 9.17) is 9.84 Å². The average molecular weight is 374 g/mol. The van der Waals surface area contributed by atoms with Gasteiger partial charge in [-0.15, -0.1) is 0 Å². The fraction of sp³-hybridized carbons (Fsp3) is 0.467. The lowest BCUT2D eigenvalue weighted by molar-refractivity contribution is -0.156. The van der Waals surface area contributed by atoms with Crippen molar-refractivity contribution in [3.05, 3.63) is 24.3 Å². The number of anilines is 1. The maximum atomic E-state index is 11.9. The van der Waals surface area contributed by atoms with Crippen LogP contribution in [0, 0.1) is 0 Å². The SMILES string of the molecule is CC(C)Oc1ccc(NS(=O)(=O)CC(=O)NCC(C)(O)C(=O)O)cc1. The van der Waals surface area contributed by atoms with Crippen molar-refractivity contribution in [1.82, 2.24) is 5.32 Å². The minimum Gasteiger partial charge on any atom is -0.491 e. The van der Waals surface area contributed by atoms with Gasteiger partial charge in [-0.25, -0.2) is 13.2 Å². The first kappa shape index (κ1) is 20.7. The smallest absolute Gasteiger partial charge is 0.337 e. The molecule has 1 atom stereocenters. The third-order valence-electron chi connectivity index (χ3n) is 2.91. The molecule has 1 rings (SSSR count). The summed E-state index contributed by atoms with van der Waals surface area (Å²) >= 11 is 0. The molecule has 0 saturated carbocycles. The van der Waals surface area contributed by atoms with E-state index in [9.17, 15) is 23.1 Å². The van der Waals surface area contributed by atoms with Crippen LogP contribution in [-0.2, 0) is 19.6 Å². The Morgan fingerprint density at radius 2 is 1.80 bits per heavy atom. The monoisotopic (exact) mass is 374 g/mol. The fourth-order valence-corrected chi connectivity index (χ4v) is 2.67. The molecule has 1 unspecified atom stereocenters. The van der Waals surface area contributed by atoms with Crippen LogP contribution in [0.15, 0.2) is 24.3 Å². The highest BCUT2D eigenvalue weighted by Crippen LogP contribution is 2.17. The van der Waals surface area contributed by atoms with Crippen LogP contribution in [-0.4, -0.2) is 54.5 Å². The molecule has 10 heteroatoms. The maximum Gasteiger partial charge on any atom is 0.337 e. The number of carboxylic acid groups (broad SMARTS) is 1. The standard InChI is InChI=1S/C15H22N2O7S/c1-10(2)24-12-6-4-11(5-7-12)17-25(22,23)8-13(18)16-9-15(3,21)14(19)20/h4-7,10,17,21H,8-9H2,1-3H3,(H,16,18)(H,19,20). The summed E-state index contributed by atoms with van der Waals surface area (Å²) in [7, 11) is -3.99. The van der Waals surface area contributed by atoms with E-state index in [2.05, 4.69) is 10.0 Å². The van der Waals surface area contributed by atoms with E-state index in [1.165, 1.54) is 12.1 Å². The Morgan fingerprint density at radius 3 is 2.28 bits per heavy atom.